The summed E-state index contributed by atoms with van der Waals surface area (Å²) in [7, 11) is 1.11. The van der Waals surface area contributed by atoms with Gasteiger partial charge in [0.05, 0.1) is 48.3 Å². The zero-order chi connectivity index (χ0) is 40.5. The van der Waals surface area contributed by atoms with Crippen LogP contribution in [0.15, 0.2) is 52.5 Å². The Balaban J connectivity index is 2.03. The summed E-state index contributed by atoms with van der Waals surface area (Å²) in [5.74, 6) is -8.30. The molecule has 3 aliphatic heterocycles. The number of fused-ring (bicyclic) bond motifs is 14. The largest absolute Gasteiger partial charge is 0.505 e. The van der Waals surface area contributed by atoms with E-state index in [0.717, 1.165) is 14.0 Å². The second-order valence-electron chi connectivity index (χ2n) is 14.4. The molecular formula is C40H51NO13. The lowest BCUT2D eigenvalue weighted by Crippen LogP contribution is -2.50. The molecule has 6 N–H and O–H groups in total. The number of ketones is 1. The third-order valence-electron chi connectivity index (χ3n) is 10.6. The van der Waals surface area contributed by atoms with Gasteiger partial charge in [-0.15, -0.1) is 0 Å². The summed E-state index contributed by atoms with van der Waals surface area (Å²) in [6.45, 7) is 13.4. The number of esters is 2. The smallest absolute Gasteiger partial charge is 0.313 e. The number of methoxy groups -OCH3 is 1. The number of rotatable bonds is 2. The minimum absolute atomic E-state index is 0.00611. The normalized spacial score (nSPS) is 32.3. The van der Waals surface area contributed by atoms with Crippen LogP contribution in [-0.4, -0.2) is 87.5 Å². The van der Waals surface area contributed by atoms with E-state index in [-0.39, 0.29) is 63.2 Å². The number of hydrogen-bond donors (Lipinski definition) is 6. The Hall–Kier alpha value is -4.76. The van der Waals surface area contributed by atoms with Gasteiger partial charge in [-0.3, -0.25) is 19.2 Å². The van der Waals surface area contributed by atoms with Gasteiger partial charge in [-0.2, -0.15) is 0 Å². The molecule has 0 saturated carbocycles. The third-order valence-corrected chi connectivity index (χ3v) is 10.6. The summed E-state index contributed by atoms with van der Waals surface area (Å²) in [5.41, 5.74) is 0.550. The zero-order valence-electron chi connectivity index (χ0n) is 32.2. The number of benzene rings is 1. The quantitative estimate of drug-likeness (QED) is 0.143. The lowest BCUT2D eigenvalue weighted by Gasteiger charge is -2.37. The van der Waals surface area contributed by atoms with Crippen LogP contribution in [0.25, 0.3) is 5.57 Å². The third kappa shape index (κ3) is 7.88. The van der Waals surface area contributed by atoms with E-state index in [2.05, 4.69) is 5.32 Å². The number of ether oxygens (including phenoxy) is 4. The summed E-state index contributed by atoms with van der Waals surface area (Å²) < 4.78 is 22.5. The fraction of sp³-hybridized carbons (Fsp3) is 0.500. The summed E-state index contributed by atoms with van der Waals surface area (Å²) >= 11 is 0. The van der Waals surface area contributed by atoms with Crippen LogP contribution in [0.4, 0.5) is 5.69 Å². The number of hydrogen-bond acceptors (Lipinski definition) is 13. The molecule has 54 heavy (non-hydrogen) atoms. The highest BCUT2D eigenvalue weighted by molar-refractivity contribution is 6.21. The topological polar surface area (TPSA) is 218 Å². The first kappa shape index (κ1) is 42.0. The van der Waals surface area contributed by atoms with Crippen molar-refractivity contribution in [2.45, 2.75) is 86.7 Å². The second kappa shape index (κ2) is 16.7. The van der Waals surface area contributed by atoms with E-state index in [1.165, 1.54) is 46.8 Å². The maximum atomic E-state index is 14.0. The van der Waals surface area contributed by atoms with Gasteiger partial charge in [0.25, 0.3) is 5.91 Å². The molecule has 1 aromatic rings. The molecule has 5 rings (SSSR count). The Morgan fingerprint density at radius 3 is 1.98 bits per heavy atom. The van der Waals surface area contributed by atoms with Gasteiger partial charge in [0.2, 0.25) is 6.79 Å². The van der Waals surface area contributed by atoms with Crippen LogP contribution in [-0.2, 0) is 28.6 Å². The van der Waals surface area contributed by atoms with E-state index in [1.807, 2.05) is 0 Å². The predicted molar refractivity (Wildman–Crippen MR) is 197 cm³/mol. The summed E-state index contributed by atoms with van der Waals surface area (Å²) in [4.78, 5) is 53.0. The van der Waals surface area contributed by atoms with Crippen molar-refractivity contribution in [3.05, 3.63) is 69.2 Å². The number of carbonyl (C=O) groups is 4. The maximum Gasteiger partial charge on any atom is 0.313 e. The average molecular weight is 754 g/mol. The average Bonchev–Trinajstić information content (AvgIpc) is 3.13. The van der Waals surface area contributed by atoms with Gasteiger partial charge in [0.15, 0.2) is 11.5 Å². The SMILES string of the molecule is COC(=O)C1C(O)C(C)C(O)C(C)/C=C\C=C(\C)C(=O)Nc2c(C)c(OC(C)=O)c3c(c2O)C(=O)C(C)=C2OCOC(=C23)/C(C)=C\C(C)C(O)C(C)C1O. The van der Waals surface area contributed by atoms with Crippen LogP contribution in [0.5, 0.6) is 11.5 Å². The number of nitrogens with one attached hydrogen (secondary N) is 1. The minimum Gasteiger partial charge on any atom is -0.505 e. The number of phenols is 1. The number of allylic oxidation sites excluding steroid dienone is 5. The van der Waals surface area contributed by atoms with Gasteiger partial charge in [-0.1, -0.05) is 52.0 Å². The first-order valence-corrected chi connectivity index (χ1v) is 17.8. The van der Waals surface area contributed by atoms with Crippen LogP contribution < -0.4 is 10.1 Å². The highest BCUT2D eigenvalue weighted by atomic mass is 16.7. The van der Waals surface area contributed by atoms with Gasteiger partial charge in [0, 0.05) is 52.9 Å². The fourth-order valence-electron chi connectivity index (χ4n) is 7.22. The van der Waals surface area contributed by atoms with Crippen molar-refractivity contribution in [1.82, 2.24) is 0 Å². The fourth-order valence-corrected chi connectivity index (χ4v) is 7.22. The number of phenolic OH excluding ortho intramolecular Hbond substituents is 1. The van der Waals surface area contributed by atoms with Crippen molar-refractivity contribution in [3.63, 3.8) is 0 Å². The predicted octanol–water partition coefficient (Wildman–Crippen LogP) is 3.99. The molecule has 0 aromatic heterocycles. The van der Waals surface area contributed by atoms with E-state index in [4.69, 9.17) is 18.9 Å². The van der Waals surface area contributed by atoms with Gasteiger partial charge >= 0.3 is 11.9 Å². The highest BCUT2D eigenvalue weighted by Gasteiger charge is 2.45. The van der Waals surface area contributed by atoms with Gasteiger partial charge in [-0.25, -0.2) is 0 Å². The van der Waals surface area contributed by atoms with Crippen LogP contribution >= 0.6 is 0 Å². The summed E-state index contributed by atoms with van der Waals surface area (Å²) in [5, 5.41) is 60.0. The van der Waals surface area contributed by atoms with E-state index in [9.17, 15) is 44.7 Å². The number of amides is 1. The van der Waals surface area contributed by atoms with E-state index >= 15 is 0 Å². The van der Waals surface area contributed by atoms with Crippen molar-refractivity contribution in [1.29, 1.82) is 0 Å². The van der Waals surface area contributed by atoms with E-state index in [0.29, 0.717) is 5.57 Å². The van der Waals surface area contributed by atoms with Crippen molar-refractivity contribution in [2.75, 3.05) is 19.2 Å². The molecule has 0 saturated heterocycles. The summed E-state index contributed by atoms with van der Waals surface area (Å²) in [6.07, 6.45) is 0.456. The Bertz CT molecular complexity index is 1870. The highest BCUT2D eigenvalue weighted by Crippen LogP contribution is 2.53. The molecule has 14 nitrogen and oxygen atoms in total. The van der Waals surface area contributed by atoms with Crippen LogP contribution in [0, 0.1) is 36.5 Å². The number of anilines is 1. The molecule has 294 valence electrons. The second-order valence-corrected chi connectivity index (χ2v) is 14.4. The van der Waals surface area contributed by atoms with Crippen molar-refractivity contribution < 1.29 is 63.7 Å². The van der Waals surface area contributed by atoms with Gasteiger partial charge in [-0.05, 0) is 33.3 Å². The molecule has 0 fully saturated rings. The summed E-state index contributed by atoms with van der Waals surface area (Å²) in [6, 6.07) is 0. The van der Waals surface area contributed by atoms with Crippen LogP contribution in [0.3, 0.4) is 0 Å². The van der Waals surface area contributed by atoms with Crippen molar-refractivity contribution >= 4 is 34.9 Å². The lowest BCUT2D eigenvalue weighted by atomic mass is 9.76. The zero-order valence-corrected chi connectivity index (χ0v) is 32.2. The molecule has 1 aliphatic carbocycles. The number of aromatic hydroxyl groups is 1. The number of Topliss-reactive ketones (excluding diaryl/α,β-unsaturated/α-hetero) is 1. The molecule has 3 heterocycles. The standard InChI is InChI=1S/C40H51NO13/c1-16-12-11-13-17(2)39(49)41-29-20(5)38(54-24(9)42)25-26(35(29)48)34(47)23(8)37-27(25)36(52-15-53-37)19(4)14-18(3)31(44)22(7)33(46)28(40(50)51-10)32(45)21(6)30(16)43/h11-14,16,18,21-22,28,30-33,43-46,48H,15H2,1-10H3,(H,41,49)/b12-11-,17-13-,19-14-. The molecule has 4 bridgehead atoms. The molecule has 14 heteroatoms. The maximum absolute atomic E-state index is 14.0. The first-order valence-electron chi connectivity index (χ1n) is 17.8. The molecule has 0 radical (unpaired) electrons. The monoisotopic (exact) mass is 753 g/mol. The Labute approximate surface area is 314 Å². The molecule has 1 amide bonds. The lowest BCUT2D eigenvalue weighted by molar-refractivity contribution is -0.164. The number of aliphatic hydroxyl groups is 4. The van der Waals surface area contributed by atoms with E-state index in [1.54, 1.807) is 32.9 Å². The van der Waals surface area contributed by atoms with Crippen LogP contribution in [0.1, 0.15) is 76.9 Å². The molecule has 9 atom stereocenters. The van der Waals surface area contributed by atoms with Gasteiger partial charge in [0.1, 0.15) is 23.2 Å². The number of carbonyl (C=O) groups excluding carboxylic acids is 4. The molecule has 4 aliphatic rings. The van der Waals surface area contributed by atoms with E-state index < -0.39 is 83.4 Å². The molecule has 1 aromatic carbocycles. The molecular weight excluding hydrogens is 702 g/mol. The minimum atomic E-state index is -1.62. The van der Waals surface area contributed by atoms with Crippen molar-refractivity contribution in [2.24, 2.45) is 29.6 Å². The van der Waals surface area contributed by atoms with Crippen molar-refractivity contribution in [3.8, 4) is 11.5 Å². The van der Waals surface area contributed by atoms with Crippen LogP contribution in [0.2, 0.25) is 0 Å². The Morgan fingerprint density at radius 2 is 1.41 bits per heavy atom. The first-order chi connectivity index (χ1) is 25.3. The Morgan fingerprint density at radius 1 is 0.833 bits per heavy atom. The molecule has 9 unspecified atom stereocenters. The van der Waals surface area contributed by atoms with Gasteiger partial charge < -0.3 is 49.8 Å². The number of aliphatic hydroxyl groups excluding tert-OH is 4. The Kier molecular flexibility index (Phi) is 13.0. The molecule has 0 spiro atoms.